The van der Waals surface area contributed by atoms with Gasteiger partial charge in [-0.05, 0) is 13.0 Å². The molecule has 0 saturated heterocycles. The molecule has 5 nitrogen and oxygen atoms in total. The molecule has 18 heavy (non-hydrogen) atoms. The molecule has 90 valence electrons. The standard InChI is InChI=1S/C12H10ClN5/c1-6-3-15-12(18-10(6)14)9-5-17-11-8(9)2-7(13)4-16-11/h2-5H,1H3,(H,16,17)(H2,14,15,18). The Labute approximate surface area is 108 Å². The van der Waals surface area contributed by atoms with Crippen molar-refractivity contribution in [2.24, 2.45) is 0 Å². The van der Waals surface area contributed by atoms with Gasteiger partial charge in [-0.1, -0.05) is 11.6 Å². The number of H-pyrrole nitrogens is 1. The molecule has 0 aliphatic carbocycles. The summed E-state index contributed by atoms with van der Waals surface area (Å²) < 4.78 is 0. The van der Waals surface area contributed by atoms with Gasteiger partial charge in [0.1, 0.15) is 11.5 Å². The SMILES string of the molecule is Cc1cnc(-c2c[nH]c3ncc(Cl)cc23)nc1N. The maximum Gasteiger partial charge on any atom is 0.163 e. The van der Waals surface area contributed by atoms with Gasteiger partial charge < -0.3 is 10.7 Å². The van der Waals surface area contributed by atoms with Crippen LogP contribution in [0.25, 0.3) is 22.4 Å². The summed E-state index contributed by atoms with van der Waals surface area (Å²) in [4.78, 5) is 15.8. The molecular weight excluding hydrogens is 250 g/mol. The maximum absolute atomic E-state index is 5.95. The minimum absolute atomic E-state index is 0.476. The third-order valence-electron chi connectivity index (χ3n) is 2.75. The van der Waals surface area contributed by atoms with E-state index in [9.17, 15) is 0 Å². The lowest BCUT2D eigenvalue weighted by Gasteiger charge is -2.02. The average molecular weight is 260 g/mol. The Balaban J connectivity index is 2.24. The molecule has 0 saturated carbocycles. The maximum atomic E-state index is 5.95. The highest BCUT2D eigenvalue weighted by atomic mass is 35.5. The lowest BCUT2D eigenvalue weighted by molar-refractivity contribution is 1.15. The normalized spacial score (nSPS) is 11.0. The number of nitrogen functional groups attached to an aromatic ring is 1. The van der Waals surface area contributed by atoms with Crippen LogP contribution in [0.5, 0.6) is 0 Å². The highest BCUT2D eigenvalue weighted by Crippen LogP contribution is 2.27. The minimum atomic E-state index is 0.476. The van der Waals surface area contributed by atoms with Crippen molar-refractivity contribution in [3.8, 4) is 11.4 Å². The van der Waals surface area contributed by atoms with Gasteiger partial charge in [0.25, 0.3) is 0 Å². The molecule has 0 atom stereocenters. The van der Waals surface area contributed by atoms with Gasteiger partial charge in [-0.25, -0.2) is 15.0 Å². The number of hydrogen-bond acceptors (Lipinski definition) is 4. The second-order valence-electron chi connectivity index (χ2n) is 4.01. The number of aryl methyl sites for hydroxylation is 1. The average Bonchev–Trinajstić information content (AvgIpc) is 2.75. The summed E-state index contributed by atoms with van der Waals surface area (Å²) in [5.41, 5.74) is 8.24. The van der Waals surface area contributed by atoms with E-state index in [-0.39, 0.29) is 0 Å². The van der Waals surface area contributed by atoms with Crippen LogP contribution in [-0.4, -0.2) is 19.9 Å². The summed E-state index contributed by atoms with van der Waals surface area (Å²) in [6, 6.07) is 1.83. The van der Waals surface area contributed by atoms with Gasteiger partial charge in [-0.3, -0.25) is 0 Å². The number of rotatable bonds is 1. The molecule has 0 aromatic carbocycles. The first-order valence-electron chi connectivity index (χ1n) is 5.37. The van der Waals surface area contributed by atoms with Gasteiger partial charge in [-0.15, -0.1) is 0 Å². The zero-order valence-electron chi connectivity index (χ0n) is 9.61. The van der Waals surface area contributed by atoms with Crippen molar-refractivity contribution < 1.29 is 0 Å². The highest BCUT2D eigenvalue weighted by Gasteiger charge is 2.11. The van der Waals surface area contributed by atoms with Crippen molar-refractivity contribution in [2.75, 3.05) is 5.73 Å². The van der Waals surface area contributed by atoms with E-state index in [1.807, 2.05) is 13.0 Å². The molecule has 3 aromatic rings. The van der Waals surface area contributed by atoms with Crippen LogP contribution in [0.2, 0.25) is 5.02 Å². The van der Waals surface area contributed by atoms with Crippen molar-refractivity contribution in [3.05, 3.63) is 35.2 Å². The van der Waals surface area contributed by atoms with Gasteiger partial charge >= 0.3 is 0 Å². The van der Waals surface area contributed by atoms with Crippen molar-refractivity contribution in [2.45, 2.75) is 6.92 Å². The Morgan fingerprint density at radius 1 is 1.28 bits per heavy atom. The second kappa shape index (κ2) is 3.96. The Kier molecular flexibility index (Phi) is 2.41. The summed E-state index contributed by atoms with van der Waals surface area (Å²) in [5.74, 6) is 1.04. The predicted octanol–water partition coefficient (Wildman–Crippen LogP) is 2.56. The molecular formula is C12H10ClN5. The molecule has 3 heterocycles. The Hall–Kier alpha value is -2.14. The third-order valence-corrected chi connectivity index (χ3v) is 2.96. The summed E-state index contributed by atoms with van der Waals surface area (Å²) in [6.07, 6.45) is 5.10. The fourth-order valence-electron chi connectivity index (χ4n) is 1.75. The Morgan fingerprint density at radius 3 is 2.89 bits per heavy atom. The minimum Gasteiger partial charge on any atom is -0.383 e. The number of aromatic nitrogens is 4. The van der Waals surface area contributed by atoms with E-state index in [4.69, 9.17) is 17.3 Å². The molecule has 3 aromatic heterocycles. The van der Waals surface area contributed by atoms with E-state index in [2.05, 4.69) is 19.9 Å². The fraction of sp³-hybridized carbons (Fsp3) is 0.0833. The van der Waals surface area contributed by atoms with Crippen LogP contribution in [0.15, 0.2) is 24.7 Å². The van der Waals surface area contributed by atoms with Crippen LogP contribution in [0.1, 0.15) is 5.56 Å². The highest BCUT2D eigenvalue weighted by molar-refractivity contribution is 6.31. The number of nitrogens with zero attached hydrogens (tertiary/aromatic N) is 3. The third kappa shape index (κ3) is 1.69. The first-order valence-corrected chi connectivity index (χ1v) is 5.75. The van der Waals surface area contributed by atoms with Crippen LogP contribution in [0, 0.1) is 6.92 Å². The number of nitrogens with one attached hydrogen (secondary N) is 1. The number of nitrogens with two attached hydrogens (primary N) is 1. The second-order valence-corrected chi connectivity index (χ2v) is 4.45. The van der Waals surface area contributed by atoms with E-state index in [1.54, 1.807) is 18.6 Å². The molecule has 0 amide bonds. The molecule has 0 bridgehead atoms. The summed E-state index contributed by atoms with van der Waals surface area (Å²) in [6.45, 7) is 1.87. The molecule has 0 aliphatic rings. The summed E-state index contributed by atoms with van der Waals surface area (Å²) in [5, 5.41) is 1.45. The molecule has 0 aliphatic heterocycles. The first kappa shape index (κ1) is 11.0. The van der Waals surface area contributed by atoms with Crippen LogP contribution in [0.4, 0.5) is 5.82 Å². The van der Waals surface area contributed by atoms with E-state index in [0.29, 0.717) is 16.7 Å². The van der Waals surface area contributed by atoms with E-state index < -0.39 is 0 Å². The number of halogens is 1. The fourth-order valence-corrected chi connectivity index (χ4v) is 1.91. The Bertz CT molecular complexity index is 734. The molecule has 0 spiro atoms. The molecule has 0 fully saturated rings. The van der Waals surface area contributed by atoms with E-state index >= 15 is 0 Å². The van der Waals surface area contributed by atoms with Crippen LogP contribution in [0.3, 0.4) is 0 Å². The lowest BCUT2D eigenvalue weighted by Crippen LogP contribution is -1.97. The molecule has 3 rings (SSSR count). The lowest BCUT2D eigenvalue weighted by atomic mass is 10.2. The largest absolute Gasteiger partial charge is 0.383 e. The van der Waals surface area contributed by atoms with Gasteiger partial charge in [0, 0.05) is 35.1 Å². The number of anilines is 1. The summed E-state index contributed by atoms with van der Waals surface area (Å²) >= 11 is 5.95. The number of fused-ring (bicyclic) bond motifs is 1. The van der Waals surface area contributed by atoms with Crippen LogP contribution < -0.4 is 5.73 Å². The quantitative estimate of drug-likeness (QED) is 0.704. The van der Waals surface area contributed by atoms with E-state index in [1.165, 1.54) is 0 Å². The first-order chi connectivity index (χ1) is 8.65. The van der Waals surface area contributed by atoms with Gasteiger partial charge in [-0.2, -0.15) is 0 Å². The molecule has 0 unspecified atom stereocenters. The molecule has 3 N–H and O–H groups in total. The van der Waals surface area contributed by atoms with Crippen molar-refractivity contribution in [3.63, 3.8) is 0 Å². The predicted molar refractivity (Wildman–Crippen MR) is 71.3 cm³/mol. The van der Waals surface area contributed by atoms with Crippen LogP contribution in [-0.2, 0) is 0 Å². The number of hydrogen-bond donors (Lipinski definition) is 2. The molecule has 6 heteroatoms. The monoisotopic (exact) mass is 259 g/mol. The Morgan fingerprint density at radius 2 is 2.11 bits per heavy atom. The van der Waals surface area contributed by atoms with Gasteiger partial charge in [0.05, 0.1) is 5.02 Å². The summed E-state index contributed by atoms with van der Waals surface area (Å²) in [7, 11) is 0. The van der Waals surface area contributed by atoms with Crippen molar-refractivity contribution in [1.29, 1.82) is 0 Å². The number of aromatic amines is 1. The van der Waals surface area contributed by atoms with Crippen molar-refractivity contribution >= 4 is 28.5 Å². The number of pyridine rings is 1. The van der Waals surface area contributed by atoms with Crippen LogP contribution >= 0.6 is 11.6 Å². The smallest absolute Gasteiger partial charge is 0.163 e. The van der Waals surface area contributed by atoms with E-state index in [0.717, 1.165) is 22.2 Å². The zero-order valence-corrected chi connectivity index (χ0v) is 10.4. The molecule has 0 radical (unpaired) electrons. The van der Waals surface area contributed by atoms with Crippen molar-refractivity contribution in [1.82, 2.24) is 19.9 Å². The zero-order chi connectivity index (χ0) is 12.7. The van der Waals surface area contributed by atoms with Gasteiger partial charge in [0.15, 0.2) is 5.82 Å². The van der Waals surface area contributed by atoms with Gasteiger partial charge in [0.2, 0.25) is 0 Å². The topological polar surface area (TPSA) is 80.5 Å².